The minimum Gasteiger partial charge on any atom is -0.282 e. The Bertz CT molecular complexity index is 428. The molecule has 0 unspecified atom stereocenters. The highest BCUT2D eigenvalue weighted by atomic mass is 16.2. The molecule has 1 aromatic carbocycles. The smallest absolute Gasteiger partial charge is 0.263 e. The van der Waals surface area contributed by atoms with E-state index in [1.165, 1.54) is 0 Å². The number of para-hydroxylation sites is 1. The van der Waals surface area contributed by atoms with Gasteiger partial charge in [-0.1, -0.05) is 31.5 Å². The Labute approximate surface area is 101 Å². The highest BCUT2D eigenvalue weighted by molar-refractivity contribution is 6.02. The number of carbonyl (C=O) groups excluding carboxylic acids is 1. The molecule has 0 spiro atoms. The molecule has 0 fully saturated rings. The monoisotopic (exact) mass is 231 g/mol. The molecule has 1 heterocycles. The molecule has 0 radical (unpaired) electrons. The van der Waals surface area contributed by atoms with Crippen LogP contribution < -0.4 is 10.4 Å². The molecule has 1 amide bonds. The summed E-state index contributed by atoms with van der Waals surface area (Å²) in [6, 6.07) is 7.78. The van der Waals surface area contributed by atoms with Crippen LogP contribution in [0.15, 0.2) is 29.3 Å². The Kier molecular flexibility index (Phi) is 3.88. The van der Waals surface area contributed by atoms with Gasteiger partial charge in [0.2, 0.25) is 0 Å². The normalized spacial score (nSPS) is 14.6. The number of nitrogens with one attached hydrogen (secondary N) is 1. The van der Waals surface area contributed by atoms with Gasteiger partial charge in [-0.2, -0.15) is 0 Å². The summed E-state index contributed by atoms with van der Waals surface area (Å²) < 4.78 is 0. The maximum atomic E-state index is 11.9. The second kappa shape index (κ2) is 5.59. The number of benzene rings is 1. The molecule has 0 bridgehead atoms. The third-order valence-electron chi connectivity index (χ3n) is 2.68. The molecule has 2 rings (SSSR count). The number of hydrogen-bond donors (Lipinski definition) is 1. The first-order chi connectivity index (χ1) is 8.33. The number of carbonyl (C=O) groups is 1. The maximum absolute atomic E-state index is 11.9. The Balaban J connectivity index is 2.21. The van der Waals surface area contributed by atoms with Crippen LogP contribution in [0.1, 0.15) is 25.3 Å². The van der Waals surface area contributed by atoms with Crippen LogP contribution in [-0.2, 0) is 4.79 Å². The molecular weight excluding hydrogens is 214 g/mol. The van der Waals surface area contributed by atoms with Crippen LogP contribution in [0.3, 0.4) is 0 Å². The van der Waals surface area contributed by atoms with Gasteiger partial charge >= 0.3 is 0 Å². The van der Waals surface area contributed by atoms with E-state index in [1.54, 1.807) is 11.2 Å². The predicted molar refractivity (Wildman–Crippen MR) is 69.3 cm³/mol. The van der Waals surface area contributed by atoms with Crippen LogP contribution in [0.4, 0.5) is 5.69 Å². The fourth-order valence-electron chi connectivity index (χ4n) is 1.77. The molecular formula is C13H17N3O. The molecule has 0 saturated carbocycles. The van der Waals surface area contributed by atoms with Crippen molar-refractivity contribution in [1.29, 1.82) is 0 Å². The number of rotatable bonds is 4. The lowest BCUT2D eigenvalue weighted by molar-refractivity contribution is -0.117. The zero-order chi connectivity index (χ0) is 12.1. The van der Waals surface area contributed by atoms with E-state index in [2.05, 4.69) is 17.3 Å². The first kappa shape index (κ1) is 11.8. The summed E-state index contributed by atoms with van der Waals surface area (Å²) in [5.74, 6) is -0.0118. The van der Waals surface area contributed by atoms with Gasteiger partial charge in [0, 0.05) is 18.3 Å². The van der Waals surface area contributed by atoms with Gasteiger partial charge in [-0.05, 0) is 12.5 Å². The molecule has 1 aromatic rings. The van der Waals surface area contributed by atoms with E-state index in [4.69, 9.17) is 0 Å². The van der Waals surface area contributed by atoms with E-state index in [-0.39, 0.29) is 12.5 Å². The molecule has 1 aliphatic rings. The van der Waals surface area contributed by atoms with Gasteiger partial charge in [0.1, 0.15) is 6.54 Å². The molecule has 4 nitrogen and oxygen atoms in total. The van der Waals surface area contributed by atoms with Crippen LogP contribution in [-0.4, -0.2) is 25.2 Å². The van der Waals surface area contributed by atoms with Gasteiger partial charge in [-0.25, -0.2) is 10.4 Å². The Morgan fingerprint density at radius 2 is 2.24 bits per heavy atom. The van der Waals surface area contributed by atoms with Crippen molar-refractivity contribution < 1.29 is 4.79 Å². The van der Waals surface area contributed by atoms with Crippen molar-refractivity contribution >= 4 is 17.8 Å². The van der Waals surface area contributed by atoms with Crippen molar-refractivity contribution in [3.05, 3.63) is 29.8 Å². The van der Waals surface area contributed by atoms with E-state index < -0.39 is 0 Å². The number of unbranched alkanes of at least 4 members (excludes halogenated alkanes) is 1. The van der Waals surface area contributed by atoms with Crippen molar-refractivity contribution in [3.8, 4) is 0 Å². The van der Waals surface area contributed by atoms with Crippen LogP contribution in [0, 0.1) is 0 Å². The largest absolute Gasteiger partial charge is 0.282 e. The molecule has 0 aromatic heterocycles. The number of hydrazine groups is 1. The quantitative estimate of drug-likeness (QED) is 0.802. The lowest BCUT2D eigenvalue weighted by Gasteiger charge is -2.23. The van der Waals surface area contributed by atoms with E-state index in [1.807, 2.05) is 24.3 Å². The number of amides is 1. The molecule has 4 heteroatoms. The average molecular weight is 231 g/mol. The second-order valence-electron chi connectivity index (χ2n) is 4.02. The number of aliphatic imine (C=N–C) groups is 1. The predicted octanol–water partition coefficient (Wildman–Crippen LogP) is 1.76. The van der Waals surface area contributed by atoms with Crippen molar-refractivity contribution in [2.75, 3.05) is 18.1 Å². The van der Waals surface area contributed by atoms with Crippen molar-refractivity contribution in [3.63, 3.8) is 0 Å². The minimum atomic E-state index is -0.0118. The first-order valence-electron chi connectivity index (χ1n) is 5.98. The third kappa shape index (κ3) is 2.71. The second-order valence-corrected chi connectivity index (χ2v) is 4.02. The molecule has 1 N–H and O–H groups in total. The van der Waals surface area contributed by atoms with Crippen LogP contribution in [0.25, 0.3) is 0 Å². The fourth-order valence-corrected chi connectivity index (χ4v) is 1.77. The van der Waals surface area contributed by atoms with E-state index in [0.717, 1.165) is 30.6 Å². The Morgan fingerprint density at radius 1 is 1.41 bits per heavy atom. The van der Waals surface area contributed by atoms with Crippen molar-refractivity contribution in [1.82, 2.24) is 5.43 Å². The topological polar surface area (TPSA) is 44.7 Å². The van der Waals surface area contributed by atoms with E-state index >= 15 is 0 Å². The zero-order valence-corrected chi connectivity index (χ0v) is 10.0. The summed E-state index contributed by atoms with van der Waals surface area (Å²) in [7, 11) is 0. The SMILES string of the molecule is CCCCNN1C(=O)CN=Cc2ccccc21. The molecule has 0 atom stereocenters. The Morgan fingerprint density at radius 3 is 3.06 bits per heavy atom. The fraction of sp³-hybridized carbons (Fsp3) is 0.385. The number of hydrogen-bond acceptors (Lipinski definition) is 3. The van der Waals surface area contributed by atoms with E-state index in [0.29, 0.717) is 0 Å². The van der Waals surface area contributed by atoms with Gasteiger partial charge in [-0.3, -0.25) is 9.79 Å². The van der Waals surface area contributed by atoms with Crippen molar-refractivity contribution in [2.45, 2.75) is 19.8 Å². The van der Waals surface area contributed by atoms with Crippen LogP contribution in [0.5, 0.6) is 0 Å². The molecule has 0 aliphatic carbocycles. The summed E-state index contributed by atoms with van der Waals surface area (Å²) >= 11 is 0. The summed E-state index contributed by atoms with van der Waals surface area (Å²) in [6.07, 6.45) is 3.91. The minimum absolute atomic E-state index is 0.0118. The van der Waals surface area contributed by atoms with Crippen LogP contribution >= 0.6 is 0 Å². The van der Waals surface area contributed by atoms with Gasteiger partial charge < -0.3 is 0 Å². The number of anilines is 1. The van der Waals surface area contributed by atoms with Crippen LogP contribution in [0.2, 0.25) is 0 Å². The lowest BCUT2D eigenvalue weighted by atomic mass is 10.2. The average Bonchev–Trinajstić information content (AvgIpc) is 2.50. The number of nitrogens with zero attached hydrogens (tertiary/aromatic N) is 2. The standard InChI is InChI=1S/C13H17N3O/c1-2-3-8-15-16-12-7-5-4-6-11(12)9-14-10-13(16)17/h4-7,9,15H,2-3,8,10H2,1H3. The molecule has 0 saturated heterocycles. The first-order valence-corrected chi connectivity index (χ1v) is 5.98. The van der Waals surface area contributed by atoms with Gasteiger partial charge in [-0.15, -0.1) is 0 Å². The highest BCUT2D eigenvalue weighted by Gasteiger charge is 2.19. The number of fused-ring (bicyclic) bond motifs is 1. The Hall–Kier alpha value is -1.68. The lowest BCUT2D eigenvalue weighted by Crippen LogP contribution is -2.44. The summed E-state index contributed by atoms with van der Waals surface area (Å²) in [5, 5.41) is 1.62. The third-order valence-corrected chi connectivity index (χ3v) is 2.68. The summed E-state index contributed by atoms with van der Waals surface area (Å²) in [5.41, 5.74) is 5.03. The number of benzodiazepines with no additional fused rings is 1. The zero-order valence-electron chi connectivity index (χ0n) is 10.0. The molecule has 1 aliphatic heterocycles. The van der Waals surface area contributed by atoms with Gasteiger partial charge in [0.15, 0.2) is 0 Å². The summed E-state index contributed by atoms with van der Waals surface area (Å²) in [4.78, 5) is 16.0. The van der Waals surface area contributed by atoms with E-state index in [9.17, 15) is 4.79 Å². The summed E-state index contributed by atoms with van der Waals surface area (Å²) in [6.45, 7) is 3.13. The highest BCUT2D eigenvalue weighted by Crippen LogP contribution is 2.19. The van der Waals surface area contributed by atoms with Gasteiger partial charge in [0.05, 0.1) is 5.69 Å². The molecule has 17 heavy (non-hydrogen) atoms. The maximum Gasteiger partial charge on any atom is 0.263 e. The van der Waals surface area contributed by atoms with Crippen molar-refractivity contribution in [2.24, 2.45) is 4.99 Å². The van der Waals surface area contributed by atoms with Gasteiger partial charge in [0.25, 0.3) is 5.91 Å². The molecule has 90 valence electrons.